The number of methoxy groups -OCH3 is 1. The maximum atomic E-state index is 12.8. The lowest BCUT2D eigenvalue weighted by molar-refractivity contribution is -0.157. The second kappa shape index (κ2) is 14.8. The molecule has 2 aliphatic carbocycles. The molecule has 1 N–H and O–H groups in total. The summed E-state index contributed by atoms with van der Waals surface area (Å²) < 4.78 is 22.5. The van der Waals surface area contributed by atoms with Crippen molar-refractivity contribution in [2.45, 2.75) is 90.4 Å². The second-order valence-corrected chi connectivity index (χ2v) is 12.1. The van der Waals surface area contributed by atoms with E-state index in [9.17, 15) is 14.7 Å². The molecule has 0 amide bonds. The number of hydrogen-bond donors (Lipinski definition) is 1. The van der Waals surface area contributed by atoms with Gasteiger partial charge in [-0.3, -0.25) is 9.69 Å². The average Bonchev–Trinajstić information content (AvgIpc) is 3.22. The molecule has 0 bridgehead atoms. The first-order valence-corrected chi connectivity index (χ1v) is 15.3. The molecule has 1 saturated heterocycles. The molecule has 0 spiro atoms. The predicted octanol–water partition coefficient (Wildman–Crippen LogP) is 4.33. The van der Waals surface area contributed by atoms with Crippen molar-refractivity contribution in [2.24, 2.45) is 17.3 Å². The minimum absolute atomic E-state index is 0.0493. The molecule has 0 aromatic heterocycles. The normalized spacial score (nSPS) is 27.1. The maximum Gasteiger partial charge on any atom is 0.343 e. The summed E-state index contributed by atoms with van der Waals surface area (Å²) in [5, 5.41) is 10.9. The zero-order chi connectivity index (χ0) is 28.5. The Kier molecular flexibility index (Phi) is 11.4. The molecule has 1 heterocycles. The van der Waals surface area contributed by atoms with E-state index in [0.29, 0.717) is 31.0 Å². The van der Waals surface area contributed by atoms with Crippen LogP contribution in [0, 0.1) is 17.3 Å². The zero-order valence-electron chi connectivity index (χ0n) is 24.7. The standard InChI is InChI=1S/C32H49NO7/c1-4-5-6-9-25(34)11-12-27-29(40-30(35)13-14-33-15-17-38-18-16-33)20-24-19-26-23(21-32(24,27)2)8-7-10-28(26)39-22-31(36)37-3/h7-8,10,24,27,29-30,35H,4-6,9,11-22H2,1-3H3/t24-,27?,29+,30?,32-/m0/s1. The molecule has 5 atom stereocenters. The number of rotatable bonds is 15. The van der Waals surface area contributed by atoms with Crippen molar-refractivity contribution < 1.29 is 33.6 Å². The largest absolute Gasteiger partial charge is 0.482 e. The number of carbonyl (C=O) groups excluding carboxylic acids is 2. The van der Waals surface area contributed by atoms with Gasteiger partial charge in [0.25, 0.3) is 0 Å². The van der Waals surface area contributed by atoms with Gasteiger partial charge >= 0.3 is 5.97 Å². The van der Waals surface area contributed by atoms with E-state index in [1.54, 1.807) is 0 Å². The lowest BCUT2D eigenvalue weighted by Gasteiger charge is -2.42. The first-order valence-electron chi connectivity index (χ1n) is 15.3. The molecule has 4 rings (SSSR count). The van der Waals surface area contributed by atoms with E-state index in [2.05, 4.69) is 24.8 Å². The molecule has 2 fully saturated rings. The third-order valence-electron chi connectivity index (χ3n) is 9.49. The maximum absolute atomic E-state index is 12.8. The van der Waals surface area contributed by atoms with E-state index in [0.717, 1.165) is 89.1 Å². The van der Waals surface area contributed by atoms with E-state index >= 15 is 0 Å². The van der Waals surface area contributed by atoms with Gasteiger partial charge in [0.15, 0.2) is 12.9 Å². The van der Waals surface area contributed by atoms with Crippen LogP contribution >= 0.6 is 0 Å². The third-order valence-corrected chi connectivity index (χ3v) is 9.49. The fourth-order valence-electron chi connectivity index (χ4n) is 7.10. The van der Waals surface area contributed by atoms with Crippen LogP contribution in [0.2, 0.25) is 0 Å². The van der Waals surface area contributed by atoms with Crippen molar-refractivity contribution >= 4 is 11.8 Å². The van der Waals surface area contributed by atoms with Gasteiger partial charge in [0.05, 0.1) is 26.4 Å². The van der Waals surface area contributed by atoms with Crippen molar-refractivity contribution in [3.63, 3.8) is 0 Å². The van der Waals surface area contributed by atoms with Crippen molar-refractivity contribution in [3.05, 3.63) is 29.3 Å². The summed E-state index contributed by atoms with van der Waals surface area (Å²) in [6.07, 6.45) is 7.31. The molecule has 1 saturated carbocycles. The van der Waals surface area contributed by atoms with E-state index in [4.69, 9.17) is 18.9 Å². The molecule has 1 aromatic carbocycles. The summed E-state index contributed by atoms with van der Waals surface area (Å²) in [5.41, 5.74) is 2.33. The Hall–Kier alpha value is -2.00. The SMILES string of the molecule is CCCCCC(=O)CCC1[C@H](OC(O)CCN2CCOCC2)C[C@@H]2Cc3c(cccc3OCC(=O)OC)C[C@]12C. The molecule has 8 nitrogen and oxygen atoms in total. The Morgan fingerprint density at radius 3 is 2.75 bits per heavy atom. The Labute approximate surface area is 239 Å². The summed E-state index contributed by atoms with van der Waals surface area (Å²) in [6, 6.07) is 6.06. The van der Waals surface area contributed by atoms with Gasteiger partial charge in [0.2, 0.25) is 0 Å². The highest BCUT2D eigenvalue weighted by molar-refractivity contribution is 5.78. The summed E-state index contributed by atoms with van der Waals surface area (Å²) in [7, 11) is 1.36. The molecule has 224 valence electrons. The van der Waals surface area contributed by atoms with Gasteiger partial charge in [-0.05, 0) is 66.5 Å². The van der Waals surface area contributed by atoms with Crippen LogP contribution < -0.4 is 4.74 Å². The fourth-order valence-corrected chi connectivity index (χ4v) is 7.10. The van der Waals surface area contributed by atoms with Gasteiger partial charge in [0.1, 0.15) is 11.5 Å². The summed E-state index contributed by atoms with van der Waals surface area (Å²) >= 11 is 0. The molecular weight excluding hydrogens is 510 g/mol. The molecule has 2 unspecified atom stereocenters. The lowest BCUT2D eigenvalue weighted by atomic mass is 9.62. The van der Waals surface area contributed by atoms with Gasteiger partial charge in [0, 0.05) is 38.9 Å². The van der Waals surface area contributed by atoms with Crippen LogP contribution in [0.5, 0.6) is 5.75 Å². The van der Waals surface area contributed by atoms with Crippen molar-refractivity contribution in [3.8, 4) is 5.75 Å². The Morgan fingerprint density at radius 1 is 1.20 bits per heavy atom. The van der Waals surface area contributed by atoms with Crippen LogP contribution in [-0.4, -0.2) is 80.7 Å². The summed E-state index contributed by atoms with van der Waals surface area (Å²) in [5.74, 6) is 1.18. The number of esters is 1. The number of unbranched alkanes of at least 4 members (excludes halogenated alkanes) is 2. The smallest absolute Gasteiger partial charge is 0.343 e. The van der Waals surface area contributed by atoms with Gasteiger partial charge in [-0.1, -0.05) is 38.8 Å². The highest BCUT2D eigenvalue weighted by Crippen LogP contribution is 2.57. The minimum atomic E-state index is -0.833. The monoisotopic (exact) mass is 559 g/mol. The molecule has 40 heavy (non-hydrogen) atoms. The zero-order valence-corrected chi connectivity index (χ0v) is 24.7. The van der Waals surface area contributed by atoms with E-state index in [-0.39, 0.29) is 24.0 Å². The highest BCUT2D eigenvalue weighted by atomic mass is 16.6. The number of aliphatic hydroxyl groups is 1. The molecular formula is C32H49NO7. The van der Waals surface area contributed by atoms with Gasteiger partial charge in [-0.2, -0.15) is 0 Å². The van der Waals surface area contributed by atoms with Crippen LogP contribution in [0.4, 0.5) is 0 Å². The molecule has 0 radical (unpaired) electrons. The number of ether oxygens (including phenoxy) is 4. The molecule has 8 heteroatoms. The minimum Gasteiger partial charge on any atom is -0.482 e. The van der Waals surface area contributed by atoms with E-state index in [1.807, 2.05) is 12.1 Å². The van der Waals surface area contributed by atoms with Gasteiger partial charge < -0.3 is 24.1 Å². The number of fused-ring (bicyclic) bond motifs is 2. The number of morpholine rings is 1. The number of benzene rings is 1. The van der Waals surface area contributed by atoms with Crippen molar-refractivity contribution in [1.29, 1.82) is 0 Å². The predicted molar refractivity (Wildman–Crippen MR) is 152 cm³/mol. The third kappa shape index (κ3) is 7.84. The number of aliphatic hydroxyl groups excluding tert-OH is 1. The summed E-state index contributed by atoms with van der Waals surface area (Å²) in [4.78, 5) is 26.8. The fraction of sp³-hybridized carbons (Fsp3) is 0.750. The number of nitrogens with zero attached hydrogens (tertiary/aromatic N) is 1. The lowest BCUT2D eigenvalue weighted by Crippen LogP contribution is -2.40. The first-order chi connectivity index (χ1) is 19.3. The van der Waals surface area contributed by atoms with Gasteiger partial charge in [-0.15, -0.1) is 0 Å². The topological polar surface area (TPSA) is 94.5 Å². The van der Waals surface area contributed by atoms with E-state index < -0.39 is 12.3 Å². The van der Waals surface area contributed by atoms with Crippen LogP contribution in [0.3, 0.4) is 0 Å². The Balaban J connectivity index is 1.46. The Bertz CT molecular complexity index is 978. The number of ketones is 1. The van der Waals surface area contributed by atoms with Crippen molar-refractivity contribution in [2.75, 3.05) is 46.6 Å². The number of carbonyl (C=O) groups is 2. The van der Waals surface area contributed by atoms with Crippen LogP contribution in [0.15, 0.2) is 18.2 Å². The number of Topliss-reactive ketones (excluding diaryl/α,β-unsaturated/α-hetero) is 1. The first kappa shape index (κ1) is 30.9. The van der Waals surface area contributed by atoms with Crippen LogP contribution in [-0.2, 0) is 36.6 Å². The Morgan fingerprint density at radius 2 is 2.00 bits per heavy atom. The molecule has 1 aromatic rings. The summed E-state index contributed by atoms with van der Waals surface area (Å²) in [6.45, 7) is 8.42. The molecule has 1 aliphatic heterocycles. The van der Waals surface area contributed by atoms with Gasteiger partial charge in [-0.25, -0.2) is 4.79 Å². The second-order valence-electron chi connectivity index (χ2n) is 12.1. The quantitative estimate of drug-likeness (QED) is 0.193. The van der Waals surface area contributed by atoms with Crippen LogP contribution in [0.25, 0.3) is 0 Å². The number of hydrogen-bond acceptors (Lipinski definition) is 8. The molecule has 3 aliphatic rings. The van der Waals surface area contributed by atoms with E-state index in [1.165, 1.54) is 12.7 Å². The van der Waals surface area contributed by atoms with Crippen molar-refractivity contribution in [1.82, 2.24) is 4.90 Å². The highest BCUT2D eigenvalue weighted by Gasteiger charge is 2.54. The average molecular weight is 560 g/mol. The van der Waals surface area contributed by atoms with Crippen LogP contribution in [0.1, 0.15) is 76.3 Å².